The van der Waals surface area contributed by atoms with Gasteiger partial charge in [-0.25, -0.2) is 10.0 Å². The maximum Gasteiger partial charge on any atom is 0.292 e. The minimum absolute atomic E-state index is 0.0283. The van der Waals surface area contributed by atoms with Gasteiger partial charge in [0.05, 0.1) is 18.5 Å². The maximum atomic E-state index is 12.7. The standard InChI is InChI=1S/C19H19ClN4O3/c1-11-9-15(16(27-3)10-14(11)20)22-18(25)17-21-12(2)19(26)24(23-17)13-7-5-4-6-8-13/h4-10,12H,1-3H3,(H,21,23)(H,22,25). The minimum atomic E-state index is -0.693. The second kappa shape index (κ2) is 7.67. The maximum absolute atomic E-state index is 12.7. The van der Waals surface area contributed by atoms with E-state index in [4.69, 9.17) is 16.3 Å². The number of hydrogen-bond acceptors (Lipinski definition) is 5. The van der Waals surface area contributed by atoms with Gasteiger partial charge in [0.25, 0.3) is 11.8 Å². The number of carbonyl (C=O) groups excluding carboxylic acids is 2. The first-order chi connectivity index (χ1) is 12.9. The Kier molecular flexibility index (Phi) is 5.32. The van der Waals surface area contributed by atoms with Gasteiger partial charge in [-0.15, -0.1) is 0 Å². The first-order valence-corrected chi connectivity index (χ1v) is 8.67. The highest BCUT2D eigenvalue weighted by atomic mass is 35.5. The molecule has 0 bridgehead atoms. The highest BCUT2D eigenvalue weighted by Gasteiger charge is 2.31. The number of methoxy groups -OCH3 is 1. The molecule has 0 aromatic heterocycles. The number of rotatable bonds is 4. The van der Waals surface area contributed by atoms with E-state index in [9.17, 15) is 9.59 Å². The van der Waals surface area contributed by atoms with Gasteiger partial charge in [0.1, 0.15) is 11.8 Å². The van der Waals surface area contributed by atoms with Crippen molar-refractivity contribution in [2.45, 2.75) is 19.9 Å². The normalized spacial score (nSPS) is 16.4. The number of nitrogens with one attached hydrogen (secondary N) is 2. The average molecular weight is 387 g/mol. The summed E-state index contributed by atoms with van der Waals surface area (Å²) < 4.78 is 5.27. The molecular formula is C19H19ClN4O3. The molecule has 0 radical (unpaired) electrons. The number of benzene rings is 2. The van der Waals surface area contributed by atoms with Crippen LogP contribution in [-0.4, -0.2) is 30.8 Å². The second-order valence-electron chi connectivity index (χ2n) is 6.03. The molecule has 0 aliphatic carbocycles. The number of halogens is 1. The average Bonchev–Trinajstić information content (AvgIpc) is 2.67. The summed E-state index contributed by atoms with van der Waals surface area (Å²) in [6.07, 6.45) is 0. The molecule has 2 amide bonds. The Morgan fingerprint density at radius 3 is 2.67 bits per heavy atom. The summed E-state index contributed by atoms with van der Waals surface area (Å²) in [7, 11) is 1.49. The van der Waals surface area contributed by atoms with E-state index in [1.807, 2.05) is 25.1 Å². The van der Waals surface area contributed by atoms with Gasteiger partial charge in [0, 0.05) is 11.1 Å². The monoisotopic (exact) mass is 386 g/mol. The number of aliphatic imine (C=N–C) groups is 1. The third kappa shape index (κ3) is 3.88. The number of para-hydroxylation sites is 1. The Morgan fingerprint density at radius 1 is 1.30 bits per heavy atom. The zero-order chi connectivity index (χ0) is 19.6. The summed E-state index contributed by atoms with van der Waals surface area (Å²) in [5.41, 5.74) is 4.66. The second-order valence-corrected chi connectivity index (χ2v) is 6.44. The molecule has 1 unspecified atom stereocenters. The number of carbonyl (C=O) groups is 2. The third-order valence-corrected chi connectivity index (χ3v) is 4.48. The smallest absolute Gasteiger partial charge is 0.292 e. The van der Waals surface area contributed by atoms with Gasteiger partial charge in [0.15, 0.2) is 0 Å². The van der Waals surface area contributed by atoms with Crippen LogP contribution < -0.4 is 20.5 Å². The van der Waals surface area contributed by atoms with Gasteiger partial charge >= 0.3 is 0 Å². The van der Waals surface area contributed by atoms with Crippen molar-refractivity contribution >= 4 is 40.6 Å². The predicted molar refractivity (Wildman–Crippen MR) is 105 cm³/mol. The van der Waals surface area contributed by atoms with Gasteiger partial charge in [0.2, 0.25) is 5.84 Å². The van der Waals surface area contributed by atoms with Gasteiger partial charge in [-0.2, -0.15) is 0 Å². The zero-order valence-electron chi connectivity index (χ0n) is 15.1. The lowest BCUT2D eigenvalue weighted by Crippen LogP contribution is -2.57. The van der Waals surface area contributed by atoms with Crippen LogP contribution in [0.2, 0.25) is 5.02 Å². The van der Waals surface area contributed by atoms with Crippen molar-refractivity contribution in [3.05, 3.63) is 53.1 Å². The van der Waals surface area contributed by atoms with Crippen LogP contribution in [0.15, 0.2) is 47.5 Å². The van der Waals surface area contributed by atoms with Crippen molar-refractivity contribution in [1.82, 2.24) is 5.43 Å². The van der Waals surface area contributed by atoms with Crippen LogP contribution in [0.25, 0.3) is 0 Å². The van der Waals surface area contributed by atoms with Gasteiger partial charge in [-0.3, -0.25) is 15.0 Å². The minimum Gasteiger partial charge on any atom is -0.495 e. The molecular weight excluding hydrogens is 368 g/mol. The molecule has 8 heteroatoms. The van der Waals surface area contributed by atoms with E-state index in [1.165, 1.54) is 12.1 Å². The fraction of sp³-hybridized carbons (Fsp3) is 0.211. The van der Waals surface area contributed by atoms with Crippen LogP contribution in [0.5, 0.6) is 5.75 Å². The molecule has 1 aliphatic rings. The van der Waals surface area contributed by atoms with Gasteiger partial charge < -0.3 is 10.1 Å². The summed E-state index contributed by atoms with van der Waals surface area (Å²) in [6, 6.07) is 11.6. The molecule has 0 saturated heterocycles. The molecule has 0 saturated carbocycles. The van der Waals surface area contributed by atoms with E-state index in [-0.39, 0.29) is 11.7 Å². The van der Waals surface area contributed by atoms with Crippen LogP contribution in [-0.2, 0) is 9.59 Å². The molecule has 1 atom stereocenters. The summed E-state index contributed by atoms with van der Waals surface area (Å²) in [4.78, 5) is 29.3. The van der Waals surface area contributed by atoms with Crippen molar-refractivity contribution in [2.75, 3.05) is 17.4 Å². The van der Waals surface area contributed by atoms with Crippen LogP contribution >= 0.6 is 11.6 Å². The molecule has 7 nitrogen and oxygen atoms in total. The van der Waals surface area contributed by atoms with E-state index in [1.54, 1.807) is 31.2 Å². The molecule has 0 fully saturated rings. The summed E-state index contributed by atoms with van der Waals surface area (Å²) in [6.45, 7) is 3.46. The molecule has 3 rings (SSSR count). The van der Waals surface area contributed by atoms with Crippen LogP contribution in [0.3, 0.4) is 0 Å². The Morgan fingerprint density at radius 2 is 2.00 bits per heavy atom. The van der Waals surface area contributed by atoms with E-state index in [2.05, 4.69) is 15.7 Å². The molecule has 2 aromatic rings. The first kappa shape index (κ1) is 18.7. The fourth-order valence-electron chi connectivity index (χ4n) is 2.62. The van der Waals surface area contributed by atoms with E-state index in [0.717, 1.165) is 5.56 Å². The number of ether oxygens (including phenoxy) is 1. The molecule has 2 aromatic carbocycles. The number of amidine groups is 1. The topological polar surface area (TPSA) is 83.0 Å². The van der Waals surface area contributed by atoms with Crippen molar-refractivity contribution < 1.29 is 14.3 Å². The number of hydrogen-bond donors (Lipinski definition) is 2. The molecule has 1 heterocycles. The molecule has 140 valence electrons. The van der Waals surface area contributed by atoms with Crippen LogP contribution in [0, 0.1) is 6.92 Å². The number of nitrogens with zero attached hydrogens (tertiary/aromatic N) is 2. The van der Waals surface area contributed by atoms with Gasteiger partial charge in [-0.1, -0.05) is 29.8 Å². The van der Waals surface area contributed by atoms with Crippen molar-refractivity contribution in [1.29, 1.82) is 0 Å². The SMILES string of the molecule is COc1cc(Cl)c(C)cc1NC(=O)C1=NC(C)C(=O)N(c2ccccc2)N1. The lowest BCUT2D eigenvalue weighted by atomic mass is 10.2. The largest absolute Gasteiger partial charge is 0.495 e. The lowest BCUT2D eigenvalue weighted by molar-refractivity contribution is -0.120. The van der Waals surface area contributed by atoms with Gasteiger partial charge in [-0.05, 0) is 37.6 Å². The lowest BCUT2D eigenvalue weighted by Gasteiger charge is -2.30. The van der Waals surface area contributed by atoms with Crippen LogP contribution in [0.4, 0.5) is 11.4 Å². The highest BCUT2D eigenvalue weighted by Crippen LogP contribution is 2.31. The van der Waals surface area contributed by atoms with Crippen molar-refractivity contribution in [3.8, 4) is 5.75 Å². The summed E-state index contributed by atoms with van der Waals surface area (Å²) in [5.74, 6) is -0.284. The summed E-state index contributed by atoms with van der Waals surface area (Å²) >= 11 is 6.10. The number of aryl methyl sites for hydroxylation is 1. The third-order valence-electron chi connectivity index (χ3n) is 4.08. The van der Waals surface area contributed by atoms with Crippen LogP contribution in [0.1, 0.15) is 12.5 Å². The van der Waals surface area contributed by atoms with E-state index < -0.39 is 11.9 Å². The Bertz CT molecular complexity index is 915. The number of hydrazine groups is 1. The Hall–Kier alpha value is -3.06. The highest BCUT2D eigenvalue weighted by molar-refractivity contribution is 6.43. The fourth-order valence-corrected chi connectivity index (χ4v) is 2.77. The molecule has 27 heavy (non-hydrogen) atoms. The number of amides is 2. The van der Waals surface area contributed by atoms with Crippen molar-refractivity contribution in [2.24, 2.45) is 4.99 Å². The summed E-state index contributed by atoms with van der Waals surface area (Å²) in [5, 5.41) is 4.60. The molecule has 2 N–H and O–H groups in total. The van der Waals surface area contributed by atoms with E-state index in [0.29, 0.717) is 22.1 Å². The Balaban J connectivity index is 1.86. The molecule has 0 spiro atoms. The molecule has 1 aliphatic heterocycles. The van der Waals surface area contributed by atoms with Crippen molar-refractivity contribution in [3.63, 3.8) is 0 Å². The Labute approximate surface area is 162 Å². The predicted octanol–water partition coefficient (Wildman–Crippen LogP) is 2.93. The first-order valence-electron chi connectivity index (χ1n) is 8.29. The quantitative estimate of drug-likeness (QED) is 0.846. The number of anilines is 2. The zero-order valence-corrected chi connectivity index (χ0v) is 15.9. The van der Waals surface area contributed by atoms with E-state index >= 15 is 0 Å².